The Balaban J connectivity index is 3.11. The molecular formula is C10H16O2. The van der Waals surface area contributed by atoms with Gasteiger partial charge in [0.05, 0.1) is 0 Å². The van der Waals surface area contributed by atoms with Gasteiger partial charge < -0.3 is 4.74 Å². The molecule has 2 unspecified atom stereocenters. The van der Waals surface area contributed by atoms with Gasteiger partial charge in [0.1, 0.15) is 5.60 Å². The predicted molar refractivity (Wildman–Crippen MR) is 48.0 cm³/mol. The summed E-state index contributed by atoms with van der Waals surface area (Å²) < 4.78 is 5.27. The summed E-state index contributed by atoms with van der Waals surface area (Å²) >= 11 is 0. The molecule has 0 aromatic rings. The van der Waals surface area contributed by atoms with Crippen LogP contribution in [0.5, 0.6) is 0 Å². The van der Waals surface area contributed by atoms with Gasteiger partial charge in [-0.1, -0.05) is 12.5 Å². The van der Waals surface area contributed by atoms with Crippen LogP contribution in [0, 0.1) is 5.92 Å². The lowest BCUT2D eigenvalue weighted by Crippen LogP contribution is -2.39. The topological polar surface area (TPSA) is 26.3 Å². The van der Waals surface area contributed by atoms with Crippen molar-refractivity contribution < 1.29 is 9.53 Å². The maximum atomic E-state index is 11.7. The lowest BCUT2D eigenvalue weighted by Gasteiger charge is -2.26. The highest BCUT2D eigenvalue weighted by Gasteiger charge is 2.46. The minimum atomic E-state index is -0.617. The first-order chi connectivity index (χ1) is 5.45. The summed E-state index contributed by atoms with van der Waals surface area (Å²) in [5.74, 6) is 0.338. The standard InChI is InChI=1S/C10H16O2/c1-6-7(2)9(11)10(4,12-5)8(6)3/h8H,1-5H3. The van der Waals surface area contributed by atoms with Crippen molar-refractivity contribution >= 4 is 5.78 Å². The second-order valence-electron chi connectivity index (χ2n) is 3.67. The van der Waals surface area contributed by atoms with Gasteiger partial charge in [0.2, 0.25) is 0 Å². The summed E-state index contributed by atoms with van der Waals surface area (Å²) in [6, 6.07) is 0. The molecule has 0 radical (unpaired) electrons. The Labute approximate surface area is 73.6 Å². The highest BCUT2D eigenvalue weighted by molar-refractivity contribution is 6.05. The van der Waals surface area contributed by atoms with E-state index >= 15 is 0 Å². The number of rotatable bonds is 1. The fourth-order valence-electron chi connectivity index (χ4n) is 1.76. The molecule has 2 heteroatoms. The van der Waals surface area contributed by atoms with Crippen molar-refractivity contribution in [1.82, 2.24) is 0 Å². The second kappa shape index (κ2) is 2.70. The molecule has 68 valence electrons. The molecule has 0 bridgehead atoms. The molecule has 0 aromatic heterocycles. The largest absolute Gasteiger partial charge is 0.370 e. The van der Waals surface area contributed by atoms with Crippen molar-refractivity contribution in [2.24, 2.45) is 5.92 Å². The quantitative estimate of drug-likeness (QED) is 0.598. The van der Waals surface area contributed by atoms with Gasteiger partial charge in [0.25, 0.3) is 0 Å². The van der Waals surface area contributed by atoms with Crippen LogP contribution in [0.1, 0.15) is 27.7 Å². The molecule has 0 heterocycles. The van der Waals surface area contributed by atoms with Gasteiger partial charge in [0.15, 0.2) is 5.78 Å². The molecule has 1 aliphatic carbocycles. The van der Waals surface area contributed by atoms with Crippen molar-refractivity contribution in [1.29, 1.82) is 0 Å². The zero-order valence-corrected chi connectivity index (χ0v) is 8.39. The number of hydrogen-bond donors (Lipinski definition) is 0. The van der Waals surface area contributed by atoms with Gasteiger partial charge in [-0.25, -0.2) is 0 Å². The molecular weight excluding hydrogens is 152 g/mol. The van der Waals surface area contributed by atoms with Gasteiger partial charge in [-0.15, -0.1) is 0 Å². The number of Topliss-reactive ketones (excluding diaryl/α,β-unsaturated/α-hetero) is 1. The van der Waals surface area contributed by atoms with E-state index in [9.17, 15) is 4.79 Å². The van der Waals surface area contributed by atoms with Crippen LogP contribution in [0.4, 0.5) is 0 Å². The fourth-order valence-corrected chi connectivity index (χ4v) is 1.76. The van der Waals surface area contributed by atoms with E-state index in [1.54, 1.807) is 7.11 Å². The van der Waals surface area contributed by atoms with E-state index in [0.29, 0.717) is 0 Å². The molecule has 0 amide bonds. The molecule has 2 atom stereocenters. The number of carbonyl (C=O) groups is 1. The van der Waals surface area contributed by atoms with Crippen molar-refractivity contribution in [3.63, 3.8) is 0 Å². The normalized spacial score (nSPS) is 36.4. The third-order valence-corrected chi connectivity index (χ3v) is 3.28. The maximum Gasteiger partial charge on any atom is 0.190 e. The predicted octanol–water partition coefficient (Wildman–Crippen LogP) is 1.95. The van der Waals surface area contributed by atoms with Crippen LogP contribution in [0.15, 0.2) is 11.1 Å². The van der Waals surface area contributed by atoms with Crippen molar-refractivity contribution in [2.75, 3.05) is 7.11 Å². The Morgan fingerprint density at radius 2 is 1.92 bits per heavy atom. The molecule has 0 saturated carbocycles. The summed E-state index contributed by atoms with van der Waals surface area (Å²) in [6.07, 6.45) is 0. The van der Waals surface area contributed by atoms with Gasteiger partial charge in [-0.2, -0.15) is 0 Å². The van der Waals surface area contributed by atoms with Crippen LogP contribution < -0.4 is 0 Å². The maximum absolute atomic E-state index is 11.7. The smallest absolute Gasteiger partial charge is 0.190 e. The van der Waals surface area contributed by atoms with Crippen molar-refractivity contribution in [3.05, 3.63) is 11.1 Å². The van der Waals surface area contributed by atoms with Crippen LogP contribution in [0.2, 0.25) is 0 Å². The number of ether oxygens (including phenoxy) is 1. The third kappa shape index (κ3) is 0.944. The summed E-state index contributed by atoms with van der Waals surface area (Å²) in [4.78, 5) is 11.7. The Kier molecular flexibility index (Phi) is 2.13. The van der Waals surface area contributed by atoms with Crippen LogP contribution in [0.3, 0.4) is 0 Å². The van der Waals surface area contributed by atoms with E-state index < -0.39 is 5.60 Å². The van der Waals surface area contributed by atoms with Crippen LogP contribution >= 0.6 is 0 Å². The van der Waals surface area contributed by atoms with E-state index in [4.69, 9.17) is 4.74 Å². The van der Waals surface area contributed by atoms with E-state index in [2.05, 4.69) is 0 Å². The number of hydrogen-bond acceptors (Lipinski definition) is 2. The van der Waals surface area contributed by atoms with Gasteiger partial charge >= 0.3 is 0 Å². The van der Waals surface area contributed by atoms with E-state index in [0.717, 1.165) is 11.1 Å². The third-order valence-electron chi connectivity index (χ3n) is 3.28. The summed E-state index contributed by atoms with van der Waals surface area (Å²) in [5.41, 5.74) is 1.41. The summed E-state index contributed by atoms with van der Waals surface area (Å²) in [7, 11) is 1.60. The molecule has 0 N–H and O–H groups in total. The molecule has 1 aliphatic rings. The molecule has 0 saturated heterocycles. The van der Waals surface area contributed by atoms with Gasteiger partial charge in [-0.05, 0) is 26.3 Å². The van der Waals surface area contributed by atoms with Crippen molar-refractivity contribution in [3.8, 4) is 0 Å². The highest BCUT2D eigenvalue weighted by Crippen LogP contribution is 2.38. The van der Waals surface area contributed by atoms with Crippen LogP contribution in [-0.4, -0.2) is 18.5 Å². The fraction of sp³-hybridized carbons (Fsp3) is 0.700. The van der Waals surface area contributed by atoms with Crippen LogP contribution in [-0.2, 0) is 9.53 Å². The minimum Gasteiger partial charge on any atom is -0.370 e. The Morgan fingerprint density at radius 3 is 2.08 bits per heavy atom. The van der Waals surface area contributed by atoms with E-state index in [1.807, 2.05) is 27.7 Å². The Bertz CT molecular complexity index is 253. The van der Waals surface area contributed by atoms with Crippen LogP contribution in [0.25, 0.3) is 0 Å². The zero-order valence-electron chi connectivity index (χ0n) is 8.39. The second-order valence-corrected chi connectivity index (χ2v) is 3.67. The van der Waals surface area contributed by atoms with E-state index in [-0.39, 0.29) is 11.7 Å². The Hall–Kier alpha value is -0.630. The summed E-state index contributed by atoms with van der Waals surface area (Å²) in [5, 5.41) is 0. The highest BCUT2D eigenvalue weighted by atomic mass is 16.5. The average Bonchev–Trinajstić information content (AvgIpc) is 2.22. The first-order valence-electron chi connectivity index (χ1n) is 4.22. The summed E-state index contributed by atoms with van der Waals surface area (Å²) in [6.45, 7) is 7.77. The molecule has 0 aliphatic heterocycles. The monoisotopic (exact) mass is 168 g/mol. The van der Waals surface area contributed by atoms with Gasteiger partial charge in [0, 0.05) is 13.0 Å². The SMILES string of the molecule is COC1(C)C(=O)C(C)=C(C)C1C. The average molecular weight is 168 g/mol. The number of ketones is 1. The lowest BCUT2D eigenvalue weighted by atomic mass is 9.90. The lowest BCUT2D eigenvalue weighted by molar-refractivity contribution is -0.136. The molecule has 0 fully saturated rings. The Morgan fingerprint density at radius 1 is 1.42 bits per heavy atom. The van der Waals surface area contributed by atoms with E-state index in [1.165, 1.54) is 0 Å². The van der Waals surface area contributed by atoms with Gasteiger partial charge in [-0.3, -0.25) is 4.79 Å². The first-order valence-corrected chi connectivity index (χ1v) is 4.22. The minimum absolute atomic E-state index is 0.134. The zero-order chi connectivity index (χ0) is 9.52. The number of methoxy groups -OCH3 is 1. The molecule has 2 nitrogen and oxygen atoms in total. The molecule has 12 heavy (non-hydrogen) atoms. The molecule has 1 rings (SSSR count). The molecule has 0 aromatic carbocycles. The first kappa shape index (κ1) is 9.46. The van der Waals surface area contributed by atoms with Crippen molar-refractivity contribution in [2.45, 2.75) is 33.3 Å². The number of carbonyl (C=O) groups excluding carboxylic acids is 1. The molecule has 0 spiro atoms.